The Morgan fingerprint density at radius 3 is 2.56 bits per heavy atom. The number of aromatic nitrogens is 2. The quantitative estimate of drug-likeness (QED) is 0.370. The highest BCUT2D eigenvalue weighted by atomic mass is 19.4. The van der Waals surface area contributed by atoms with Crippen LogP contribution in [-0.4, -0.2) is 32.8 Å². The highest BCUT2D eigenvalue weighted by Gasteiger charge is 2.32. The van der Waals surface area contributed by atoms with Gasteiger partial charge in [-0.3, -0.25) is 14.6 Å². The van der Waals surface area contributed by atoms with Gasteiger partial charge in [-0.05, 0) is 47.9 Å². The molecule has 2 heterocycles. The van der Waals surface area contributed by atoms with Crippen LogP contribution in [-0.2, 0) is 17.6 Å². The van der Waals surface area contributed by atoms with Gasteiger partial charge in [0, 0.05) is 29.4 Å². The summed E-state index contributed by atoms with van der Waals surface area (Å²) in [5.74, 6) is -2.05. The van der Waals surface area contributed by atoms with E-state index in [0.29, 0.717) is 22.9 Å². The number of rotatable bonds is 7. The summed E-state index contributed by atoms with van der Waals surface area (Å²) < 4.78 is 44.3. The van der Waals surface area contributed by atoms with Crippen molar-refractivity contribution in [3.8, 4) is 11.4 Å². The fraction of sp³-hybridized carbons (Fsp3) is 0.160. The molecule has 0 saturated carbocycles. The molecule has 0 spiro atoms. The lowest BCUT2D eigenvalue weighted by Crippen LogP contribution is -2.18. The van der Waals surface area contributed by atoms with E-state index in [4.69, 9.17) is 0 Å². The van der Waals surface area contributed by atoms with E-state index in [-0.39, 0.29) is 23.4 Å². The second-order valence-corrected chi connectivity index (χ2v) is 7.57. The van der Waals surface area contributed by atoms with Gasteiger partial charge in [0.2, 0.25) is 5.78 Å². The maximum atomic E-state index is 13.4. The van der Waals surface area contributed by atoms with Gasteiger partial charge >= 0.3 is 12.3 Å². The van der Waals surface area contributed by atoms with Crippen LogP contribution in [0.1, 0.15) is 34.1 Å². The molecule has 2 aromatic heterocycles. The van der Waals surface area contributed by atoms with Crippen molar-refractivity contribution in [2.24, 2.45) is 0 Å². The summed E-state index contributed by atoms with van der Waals surface area (Å²) in [5.41, 5.74) is 2.22. The minimum absolute atomic E-state index is 0.0953. The zero-order valence-corrected chi connectivity index (χ0v) is 18.0. The van der Waals surface area contributed by atoms with Crippen molar-refractivity contribution >= 4 is 22.7 Å². The molecule has 0 bridgehead atoms. The van der Waals surface area contributed by atoms with Gasteiger partial charge in [0.15, 0.2) is 0 Å². The van der Waals surface area contributed by atoms with E-state index in [0.717, 1.165) is 17.7 Å². The predicted molar refractivity (Wildman–Crippen MR) is 118 cm³/mol. The monoisotopic (exact) mass is 468 g/mol. The standard InChI is InChI=1S/C25H19F3N2O4/c1-2-15-9-10-29-20(11-15)24(33)19-8-7-17(34-25(26,27)28)13-22(19)30-14-16(12-23(31)32)18-5-3-4-6-21(18)30/h3-11,13-14H,2,12H2,1H3,(H,31,32). The molecule has 2 aromatic carbocycles. The van der Waals surface area contributed by atoms with Crippen LogP contribution in [0.4, 0.5) is 13.2 Å². The van der Waals surface area contributed by atoms with Gasteiger partial charge in [-0.15, -0.1) is 13.2 Å². The summed E-state index contributed by atoms with van der Waals surface area (Å²) in [7, 11) is 0. The summed E-state index contributed by atoms with van der Waals surface area (Å²) in [6.45, 7) is 1.92. The van der Waals surface area contributed by atoms with Crippen LogP contribution in [0.15, 0.2) is 67.0 Å². The summed E-state index contributed by atoms with van der Waals surface area (Å²) in [6.07, 6.45) is -1.53. The molecule has 9 heteroatoms. The van der Waals surface area contributed by atoms with Crippen molar-refractivity contribution in [1.82, 2.24) is 9.55 Å². The Hall–Kier alpha value is -4.14. The van der Waals surface area contributed by atoms with Crippen molar-refractivity contribution in [3.63, 3.8) is 0 Å². The number of fused-ring (bicyclic) bond motifs is 1. The van der Waals surface area contributed by atoms with Crippen LogP contribution in [0, 0.1) is 0 Å². The number of nitrogens with zero attached hydrogens (tertiary/aromatic N) is 2. The topological polar surface area (TPSA) is 81.4 Å². The molecule has 4 rings (SSSR count). The van der Waals surface area contributed by atoms with Gasteiger partial charge in [-0.25, -0.2) is 0 Å². The number of carbonyl (C=O) groups is 2. The molecule has 4 aromatic rings. The van der Waals surface area contributed by atoms with Crippen molar-refractivity contribution in [2.45, 2.75) is 26.1 Å². The number of aliphatic carboxylic acids is 1. The highest BCUT2D eigenvalue weighted by Crippen LogP contribution is 2.32. The molecule has 6 nitrogen and oxygen atoms in total. The fourth-order valence-corrected chi connectivity index (χ4v) is 3.81. The van der Waals surface area contributed by atoms with Crippen LogP contribution >= 0.6 is 0 Å². The number of carbonyl (C=O) groups excluding carboxylic acids is 1. The van der Waals surface area contributed by atoms with Gasteiger partial charge in [0.05, 0.1) is 17.6 Å². The number of benzene rings is 2. The number of alkyl halides is 3. The Balaban J connectivity index is 1.94. The number of hydrogen-bond donors (Lipinski definition) is 1. The lowest BCUT2D eigenvalue weighted by atomic mass is 10.0. The van der Waals surface area contributed by atoms with Gasteiger partial charge in [-0.1, -0.05) is 25.1 Å². The molecule has 0 unspecified atom stereocenters. The first-order valence-corrected chi connectivity index (χ1v) is 10.4. The number of pyridine rings is 1. The molecular formula is C25H19F3N2O4. The molecule has 174 valence electrons. The maximum Gasteiger partial charge on any atom is 0.573 e. The number of carboxylic acid groups (broad SMARTS) is 1. The van der Waals surface area contributed by atoms with Crippen molar-refractivity contribution in [3.05, 3.63) is 89.4 Å². The molecule has 1 N–H and O–H groups in total. The molecule has 0 atom stereocenters. The third kappa shape index (κ3) is 4.78. The van der Waals surface area contributed by atoms with Gasteiger partial charge < -0.3 is 14.4 Å². The average Bonchev–Trinajstić information content (AvgIpc) is 3.15. The molecule has 0 radical (unpaired) electrons. The van der Waals surface area contributed by atoms with Crippen molar-refractivity contribution in [2.75, 3.05) is 0 Å². The van der Waals surface area contributed by atoms with Crippen molar-refractivity contribution < 1.29 is 32.6 Å². The first-order chi connectivity index (χ1) is 16.2. The number of hydrogen-bond acceptors (Lipinski definition) is 4. The Kier molecular flexibility index (Phi) is 6.10. The molecule has 0 saturated heterocycles. The molecule has 0 amide bonds. The Labute approximate surface area is 192 Å². The number of halogens is 3. The van der Waals surface area contributed by atoms with E-state index in [1.807, 2.05) is 6.92 Å². The van der Waals surface area contributed by atoms with Crippen LogP contribution < -0.4 is 4.74 Å². The summed E-state index contributed by atoms with van der Waals surface area (Å²) in [6, 6.07) is 13.7. The smallest absolute Gasteiger partial charge is 0.481 e. The van der Waals surface area contributed by atoms with Crippen LogP contribution in [0.5, 0.6) is 5.75 Å². The normalized spacial score (nSPS) is 11.5. The third-order valence-electron chi connectivity index (χ3n) is 5.31. The van der Waals surface area contributed by atoms with Crippen LogP contribution in [0.25, 0.3) is 16.6 Å². The second-order valence-electron chi connectivity index (χ2n) is 7.57. The molecule has 0 aliphatic carbocycles. The maximum absolute atomic E-state index is 13.4. The molecule has 0 aliphatic rings. The molecule has 34 heavy (non-hydrogen) atoms. The lowest BCUT2D eigenvalue weighted by molar-refractivity contribution is -0.274. The van der Waals surface area contributed by atoms with Crippen molar-refractivity contribution in [1.29, 1.82) is 0 Å². The Morgan fingerprint density at radius 2 is 1.85 bits per heavy atom. The number of ether oxygens (including phenoxy) is 1. The number of ketones is 1. The van der Waals surface area contributed by atoms with E-state index >= 15 is 0 Å². The second kappa shape index (κ2) is 9.01. The Bertz CT molecular complexity index is 1390. The summed E-state index contributed by atoms with van der Waals surface area (Å²) >= 11 is 0. The van der Waals surface area contributed by atoms with Gasteiger partial charge in [0.1, 0.15) is 11.4 Å². The van der Waals surface area contributed by atoms with Gasteiger partial charge in [-0.2, -0.15) is 0 Å². The lowest BCUT2D eigenvalue weighted by Gasteiger charge is -2.15. The third-order valence-corrected chi connectivity index (χ3v) is 5.31. The minimum Gasteiger partial charge on any atom is -0.481 e. The predicted octanol–water partition coefficient (Wildman–Crippen LogP) is 5.34. The Morgan fingerprint density at radius 1 is 1.09 bits per heavy atom. The summed E-state index contributed by atoms with van der Waals surface area (Å²) in [5, 5.41) is 9.91. The van der Waals surface area contributed by atoms with E-state index in [1.165, 1.54) is 23.0 Å². The molecule has 0 aliphatic heterocycles. The van der Waals surface area contributed by atoms with Gasteiger partial charge in [0.25, 0.3) is 0 Å². The number of aryl methyl sites for hydroxylation is 1. The first-order valence-electron chi connectivity index (χ1n) is 10.4. The van der Waals surface area contributed by atoms with Crippen LogP contribution in [0.3, 0.4) is 0 Å². The molecule has 0 fully saturated rings. The van der Waals surface area contributed by atoms with E-state index in [2.05, 4.69) is 9.72 Å². The first kappa shape index (κ1) is 23.0. The van der Waals surface area contributed by atoms with E-state index < -0.39 is 23.9 Å². The van der Waals surface area contributed by atoms with E-state index in [1.54, 1.807) is 36.4 Å². The largest absolute Gasteiger partial charge is 0.573 e. The minimum atomic E-state index is -4.92. The SMILES string of the molecule is CCc1ccnc(C(=O)c2ccc(OC(F)(F)F)cc2-n2cc(CC(=O)O)c3ccccc32)c1. The number of carboxylic acids is 1. The average molecular weight is 468 g/mol. The number of para-hydroxylation sites is 1. The summed E-state index contributed by atoms with van der Waals surface area (Å²) in [4.78, 5) is 28.9. The van der Waals surface area contributed by atoms with E-state index in [9.17, 15) is 27.9 Å². The van der Waals surface area contributed by atoms with Crippen LogP contribution in [0.2, 0.25) is 0 Å². The highest BCUT2D eigenvalue weighted by molar-refractivity contribution is 6.10. The molecular weight excluding hydrogens is 449 g/mol. The zero-order valence-electron chi connectivity index (χ0n) is 18.0. The fourth-order valence-electron chi connectivity index (χ4n) is 3.81. The zero-order chi connectivity index (χ0) is 24.5.